The summed E-state index contributed by atoms with van der Waals surface area (Å²) < 4.78 is 0. The Bertz CT molecular complexity index is 348. The highest BCUT2D eigenvalue weighted by atomic mass is 16.2. The van der Waals surface area contributed by atoms with E-state index in [0.717, 1.165) is 44.6 Å². The Morgan fingerprint density at radius 3 is 2.32 bits per heavy atom. The molecule has 0 radical (unpaired) electrons. The van der Waals surface area contributed by atoms with Crippen LogP contribution < -0.4 is 0 Å². The molecule has 2 saturated heterocycles. The first-order valence-electron chi connectivity index (χ1n) is 9.20. The number of carbonyl (C=O) groups is 1. The number of nitrogens with zero attached hydrogens (tertiary/aromatic N) is 3. The van der Waals surface area contributed by atoms with Gasteiger partial charge in [-0.25, -0.2) is 0 Å². The summed E-state index contributed by atoms with van der Waals surface area (Å²) in [4.78, 5) is 19.4. The van der Waals surface area contributed by atoms with Gasteiger partial charge in [0, 0.05) is 51.7 Å². The molecule has 0 N–H and O–H groups in total. The van der Waals surface area contributed by atoms with E-state index in [1.165, 1.54) is 25.9 Å². The predicted molar refractivity (Wildman–Crippen MR) is 91.9 cm³/mol. The van der Waals surface area contributed by atoms with Crippen molar-refractivity contribution in [2.45, 2.75) is 53.0 Å². The van der Waals surface area contributed by atoms with Crippen molar-refractivity contribution in [3.8, 4) is 0 Å². The van der Waals surface area contributed by atoms with Gasteiger partial charge in [0.15, 0.2) is 0 Å². The summed E-state index contributed by atoms with van der Waals surface area (Å²) in [6.07, 6.45) is 3.36. The molecule has 0 aromatic carbocycles. The highest BCUT2D eigenvalue weighted by Gasteiger charge is 2.25. The summed E-state index contributed by atoms with van der Waals surface area (Å²) in [5.74, 6) is 2.00. The van der Waals surface area contributed by atoms with E-state index in [2.05, 4.69) is 42.4 Å². The molecule has 2 aliphatic heterocycles. The third kappa shape index (κ3) is 5.24. The lowest BCUT2D eigenvalue weighted by Gasteiger charge is -2.37. The number of amides is 1. The van der Waals surface area contributed by atoms with Crippen LogP contribution in [-0.4, -0.2) is 72.5 Å². The highest BCUT2D eigenvalue weighted by Crippen LogP contribution is 2.23. The molecule has 1 atom stereocenters. The van der Waals surface area contributed by atoms with Crippen molar-refractivity contribution in [1.82, 2.24) is 14.7 Å². The SMILES string of the molecule is CC(C)CC1CCN(CCC(=O)N2CCN(C(C)C)CC2)C1. The van der Waals surface area contributed by atoms with E-state index in [0.29, 0.717) is 18.4 Å². The van der Waals surface area contributed by atoms with E-state index in [1.54, 1.807) is 0 Å². The largest absolute Gasteiger partial charge is 0.340 e. The Kier molecular flexibility index (Phi) is 6.69. The van der Waals surface area contributed by atoms with Crippen LogP contribution in [-0.2, 0) is 4.79 Å². The molecule has 0 aromatic rings. The van der Waals surface area contributed by atoms with Gasteiger partial charge in [0.2, 0.25) is 5.91 Å². The van der Waals surface area contributed by atoms with Crippen LogP contribution in [0.5, 0.6) is 0 Å². The molecular weight excluding hydrogens is 274 g/mol. The van der Waals surface area contributed by atoms with Crippen LogP contribution in [0.1, 0.15) is 47.0 Å². The smallest absolute Gasteiger partial charge is 0.223 e. The van der Waals surface area contributed by atoms with Crippen LogP contribution in [0.25, 0.3) is 0 Å². The molecule has 4 heteroatoms. The third-order valence-corrected chi connectivity index (χ3v) is 5.21. The molecule has 22 heavy (non-hydrogen) atoms. The maximum absolute atomic E-state index is 12.4. The molecule has 0 aromatic heterocycles. The molecule has 128 valence electrons. The van der Waals surface area contributed by atoms with Crippen molar-refractivity contribution < 1.29 is 4.79 Å². The molecule has 0 bridgehead atoms. The van der Waals surface area contributed by atoms with Gasteiger partial charge >= 0.3 is 0 Å². The van der Waals surface area contributed by atoms with Gasteiger partial charge in [0.1, 0.15) is 0 Å². The number of carbonyl (C=O) groups excluding carboxylic acids is 1. The molecule has 2 aliphatic rings. The number of hydrogen-bond acceptors (Lipinski definition) is 3. The van der Waals surface area contributed by atoms with E-state index in [4.69, 9.17) is 0 Å². The second-order valence-electron chi connectivity index (χ2n) is 7.85. The van der Waals surface area contributed by atoms with Crippen molar-refractivity contribution >= 4 is 5.91 Å². The second-order valence-corrected chi connectivity index (χ2v) is 7.85. The van der Waals surface area contributed by atoms with Crippen molar-refractivity contribution in [2.24, 2.45) is 11.8 Å². The lowest BCUT2D eigenvalue weighted by Crippen LogP contribution is -2.51. The lowest BCUT2D eigenvalue weighted by atomic mass is 9.97. The van der Waals surface area contributed by atoms with Crippen LogP contribution in [0, 0.1) is 11.8 Å². The van der Waals surface area contributed by atoms with E-state index < -0.39 is 0 Å². The highest BCUT2D eigenvalue weighted by molar-refractivity contribution is 5.76. The number of hydrogen-bond donors (Lipinski definition) is 0. The lowest BCUT2D eigenvalue weighted by molar-refractivity contribution is -0.133. The van der Waals surface area contributed by atoms with Gasteiger partial charge in [0.25, 0.3) is 0 Å². The van der Waals surface area contributed by atoms with E-state index in [-0.39, 0.29) is 0 Å². The van der Waals surface area contributed by atoms with E-state index >= 15 is 0 Å². The first-order chi connectivity index (χ1) is 10.5. The molecule has 0 saturated carbocycles. The minimum atomic E-state index is 0.357. The summed E-state index contributed by atoms with van der Waals surface area (Å²) in [5, 5.41) is 0. The average molecular weight is 309 g/mol. The third-order valence-electron chi connectivity index (χ3n) is 5.21. The van der Waals surface area contributed by atoms with Crippen molar-refractivity contribution in [3.63, 3.8) is 0 Å². The molecule has 2 rings (SSSR count). The van der Waals surface area contributed by atoms with E-state index in [1.807, 2.05) is 0 Å². The fraction of sp³-hybridized carbons (Fsp3) is 0.944. The van der Waals surface area contributed by atoms with Crippen LogP contribution in [0.2, 0.25) is 0 Å². The van der Waals surface area contributed by atoms with Crippen LogP contribution in [0.15, 0.2) is 0 Å². The van der Waals surface area contributed by atoms with Crippen molar-refractivity contribution in [2.75, 3.05) is 45.8 Å². The zero-order valence-electron chi connectivity index (χ0n) is 15.1. The first-order valence-corrected chi connectivity index (χ1v) is 9.20. The maximum atomic E-state index is 12.4. The minimum absolute atomic E-state index is 0.357. The number of piperazine rings is 1. The van der Waals surface area contributed by atoms with Crippen LogP contribution >= 0.6 is 0 Å². The van der Waals surface area contributed by atoms with Crippen molar-refractivity contribution in [1.29, 1.82) is 0 Å². The number of rotatable bonds is 6. The summed E-state index contributed by atoms with van der Waals surface area (Å²) in [6, 6.07) is 0.597. The van der Waals surface area contributed by atoms with Gasteiger partial charge in [-0.2, -0.15) is 0 Å². The van der Waals surface area contributed by atoms with Crippen molar-refractivity contribution in [3.05, 3.63) is 0 Å². The second kappa shape index (κ2) is 8.30. The predicted octanol–water partition coefficient (Wildman–Crippen LogP) is 2.30. The van der Waals surface area contributed by atoms with Gasteiger partial charge in [-0.15, -0.1) is 0 Å². The summed E-state index contributed by atoms with van der Waals surface area (Å²) in [6.45, 7) is 16.3. The Labute approximate surface area is 136 Å². The Hall–Kier alpha value is -0.610. The molecule has 1 unspecified atom stereocenters. The average Bonchev–Trinajstić information content (AvgIpc) is 2.91. The maximum Gasteiger partial charge on any atom is 0.223 e. The van der Waals surface area contributed by atoms with E-state index in [9.17, 15) is 4.79 Å². The van der Waals surface area contributed by atoms with Gasteiger partial charge in [-0.1, -0.05) is 13.8 Å². The molecule has 2 heterocycles. The molecule has 0 aliphatic carbocycles. The standard InChI is InChI=1S/C18H35N3O/c1-15(2)13-17-5-7-19(14-17)8-6-18(22)21-11-9-20(10-12-21)16(3)4/h15-17H,5-14H2,1-4H3. The fourth-order valence-electron chi connectivity index (χ4n) is 3.87. The summed E-state index contributed by atoms with van der Waals surface area (Å²) in [5.41, 5.74) is 0. The molecular formula is C18H35N3O. The van der Waals surface area contributed by atoms with Gasteiger partial charge in [0.05, 0.1) is 0 Å². The molecule has 1 amide bonds. The fourth-order valence-corrected chi connectivity index (χ4v) is 3.87. The Morgan fingerprint density at radius 1 is 1.05 bits per heavy atom. The zero-order valence-corrected chi connectivity index (χ0v) is 15.1. The minimum Gasteiger partial charge on any atom is -0.340 e. The van der Waals surface area contributed by atoms with Gasteiger partial charge in [-0.3, -0.25) is 9.69 Å². The van der Waals surface area contributed by atoms with Crippen LogP contribution in [0.4, 0.5) is 0 Å². The van der Waals surface area contributed by atoms with Gasteiger partial charge < -0.3 is 9.80 Å². The summed E-state index contributed by atoms with van der Waals surface area (Å²) >= 11 is 0. The topological polar surface area (TPSA) is 26.8 Å². The Morgan fingerprint density at radius 2 is 1.73 bits per heavy atom. The molecule has 4 nitrogen and oxygen atoms in total. The summed E-state index contributed by atoms with van der Waals surface area (Å²) in [7, 11) is 0. The zero-order chi connectivity index (χ0) is 16.1. The van der Waals surface area contributed by atoms with Crippen LogP contribution in [0.3, 0.4) is 0 Å². The first kappa shape index (κ1) is 17.7. The monoisotopic (exact) mass is 309 g/mol. The Balaban J connectivity index is 1.64. The van der Waals surface area contributed by atoms with Gasteiger partial charge in [-0.05, 0) is 45.1 Å². The molecule has 2 fully saturated rings. The molecule has 0 spiro atoms. The quantitative estimate of drug-likeness (QED) is 0.753. The normalized spacial score (nSPS) is 24.6. The number of likely N-dealkylation sites (tertiary alicyclic amines) is 1.